The first-order valence-electron chi connectivity index (χ1n) is 21.5. The molecule has 312 valence electrons. The van der Waals surface area contributed by atoms with E-state index in [1.807, 2.05) is 31.2 Å². The van der Waals surface area contributed by atoms with Crippen LogP contribution in [-0.4, -0.2) is 59.9 Å². The number of unbranched alkanes of at least 4 members (excludes halogenated alkanes) is 2. The van der Waals surface area contributed by atoms with Gasteiger partial charge in [0, 0.05) is 23.3 Å². The molecule has 1 fully saturated rings. The number of rotatable bonds is 16. The van der Waals surface area contributed by atoms with Gasteiger partial charge in [0.2, 0.25) is 0 Å². The molecule has 0 spiro atoms. The van der Waals surface area contributed by atoms with E-state index >= 15 is 0 Å². The molecule has 2 N–H and O–H groups in total. The van der Waals surface area contributed by atoms with E-state index in [-0.39, 0.29) is 59.6 Å². The first-order valence-corrected chi connectivity index (χ1v) is 21.5. The average Bonchev–Trinajstić information content (AvgIpc) is 3.94. The second kappa shape index (κ2) is 19.9. The Labute approximate surface area is 366 Å². The van der Waals surface area contributed by atoms with Gasteiger partial charge in [-0.1, -0.05) is 119 Å². The van der Waals surface area contributed by atoms with Crippen molar-refractivity contribution in [2.24, 2.45) is 23.7 Å². The molecule has 59 heavy (non-hydrogen) atoms. The molecule has 5 atom stereocenters. The van der Waals surface area contributed by atoms with Gasteiger partial charge >= 0.3 is 35.0 Å². The number of nitrogens with one attached hydrogen (secondary N) is 1. The van der Waals surface area contributed by atoms with Crippen LogP contribution in [0.1, 0.15) is 137 Å². The Bertz CT molecular complexity index is 2370. The molecule has 0 saturated carbocycles. The Morgan fingerprint density at radius 2 is 1.66 bits per heavy atom. The number of nitrogens with zero attached hydrogens (tertiary/aromatic N) is 3. The van der Waals surface area contributed by atoms with Crippen molar-refractivity contribution in [2.45, 2.75) is 126 Å². The van der Waals surface area contributed by atoms with Crippen LogP contribution in [0.5, 0.6) is 0 Å². The van der Waals surface area contributed by atoms with E-state index in [9.17, 15) is 14.7 Å². The van der Waals surface area contributed by atoms with Crippen LogP contribution in [0.3, 0.4) is 0 Å². The number of allylic oxidation sites excluding steroid dienone is 2. The van der Waals surface area contributed by atoms with Gasteiger partial charge in [0.1, 0.15) is 18.3 Å². The quantitative estimate of drug-likeness (QED) is 0.0797. The van der Waals surface area contributed by atoms with Crippen molar-refractivity contribution in [3.8, 4) is 0 Å². The zero-order valence-corrected chi connectivity index (χ0v) is 38.3. The number of aliphatic hydroxyl groups excluding tert-OH is 1. The van der Waals surface area contributed by atoms with E-state index in [4.69, 9.17) is 24.4 Å². The van der Waals surface area contributed by atoms with Gasteiger partial charge in [0.05, 0.1) is 13.2 Å². The van der Waals surface area contributed by atoms with E-state index in [1.165, 1.54) is 44.8 Å². The minimum absolute atomic E-state index is 0. The monoisotopic (exact) mass is 811 g/mol. The SMILES string of the molecule is C=Cc1c2[n-]c(c1C)/C=C1\NC(C3=c4[n-]c(c(C)c4=C(O)[C@@H]3C(=O)OC)/C=c3\[n-]/c(c(C)c3CC)=C\2)[C@@H](CCC(=O)OC/C=C(\C)CCC[C@H](C)CCCCC)[C@@H]1C.[Mg+2]. The third-order valence-corrected chi connectivity index (χ3v) is 13.0. The zero-order valence-electron chi connectivity index (χ0n) is 36.9. The number of hydrogen-bond donors (Lipinski definition) is 2. The van der Waals surface area contributed by atoms with Crippen LogP contribution in [0, 0.1) is 44.4 Å². The zero-order chi connectivity index (χ0) is 41.8. The van der Waals surface area contributed by atoms with Crippen molar-refractivity contribution in [3.05, 3.63) is 90.1 Å². The smallest absolute Gasteiger partial charge is 0.657 e. The normalized spacial score (nSPS) is 22.0. The van der Waals surface area contributed by atoms with Crippen LogP contribution < -0.4 is 41.5 Å². The van der Waals surface area contributed by atoms with E-state index in [2.05, 4.69) is 66.4 Å². The van der Waals surface area contributed by atoms with Crippen LogP contribution in [0.2, 0.25) is 0 Å². The van der Waals surface area contributed by atoms with Gasteiger partial charge in [-0.05, 0) is 82.4 Å². The minimum atomic E-state index is -1.04. The summed E-state index contributed by atoms with van der Waals surface area (Å²) in [5.41, 5.74) is 10.0. The van der Waals surface area contributed by atoms with Crippen molar-refractivity contribution < 1.29 is 24.2 Å². The predicted molar refractivity (Wildman–Crippen MR) is 238 cm³/mol. The molecule has 1 saturated heterocycles. The number of hydrogen-bond acceptors (Lipinski definition) is 6. The maximum Gasteiger partial charge on any atom is 2.00 e. The van der Waals surface area contributed by atoms with Crippen LogP contribution in [0.4, 0.5) is 0 Å². The van der Waals surface area contributed by atoms with E-state index in [1.54, 1.807) is 0 Å². The topological polar surface area (TPSA) is 127 Å². The molecule has 0 amide bonds. The molecule has 1 unspecified atom stereocenters. The number of aliphatic hydroxyl groups is 1. The molecule has 3 aromatic heterocycles. The summed E-state index contributed by atoms with van der Waals surface area (Å²) in [5.74, 6) is -1.40. The number of ether oxygens (including phenoxy) is 2. The molecule has 2 aliphatic heterocycles. The van der Waals surface area contributed by atoms with Crippen LogP contribution in [0.15, 0.2) is 23.9 Å². The van der Waals surface area contributed by atoms with E-state index in [0.29, 0.717) is 28.3 Å². The molecule has 5 heterocycles. The maximum absolute atomic E-state index is 13.6. The van der Waals surface area contributed by atoms with Crippen molar-refractivity contribution >= 4 is 70.6 Å². The van der Waals surface area contributed by atoms with Crippen molar-refractivity contribution in [1.29, 1.82) is 0 Å². The Balaban J connectivity index is 0.00000661. The molecular formula is C49H63MgN4O5-. The number of carbonyl (C=O) groups is 2. The van der Waals surface area contributed by atoms with Gasteiger partial charge < -0.3 is 34.8 Å². The van der Waals surface area contributed by atoms with Gasteiger partial charge in [-0.25, -0.2) is 0 Å². The molecule has 9 nitrogen and oxygen atoms in total. The molecular weight excluding hydrogens is 749 g/mol. The fraction of sp³-hybridized carbons (Fsp3) is 0.510. The number of aromatic nitrogens is 3. The third kappa shape index (κ3) is 9.44. The fourth-order valence-corrected chi connectivity index (χ4v) is 9.38. The molecule has 0 radical (unpaired) electrons. The Morgan fingerprint density at radius 3 is 2.36 bits per heavy atom. The third-order valence-electron chi connectivity index (χ3n) is 13.0. The summed E-state index contributed by atoms with van der Waals surface area (Å²) in [5, 5.41) is 18.4. The van der Waals surface area contributed by atoms with Gasteiger partial charge in [0.15, 0.2) is 0 Å². The maximum atomic E-state index is 13.6. The van der Waals surface area contributed by atoms with Crippen LogP contribution >= 0.6 is 0 Å². The molecule has 3 aromatic rings. The summed E-state index contributed by atoms with van der Waals surface area (Å²) in [6, 6.07) is -0.444. The summed E-state index contributed by atoms with van der Waals surface area (Å²) in [6.45, 7) is 21.4. The van der Waals surface area contributed by atoms with E-state index in [0.717, 1.165) is 80.8 Å². The number of fused-ring (bicyclic) bond motifs is 8. The second-order valence-corrected chi connectivity index (χ2v) is 16.8. The first-order chi connectivity index (χ1) is 27.8. The summed E-state index contributed by atoms with van der Waals surface area (Å²) >= 11 is 0. The molecule has 8 bridgehead atoms. The van der Waals surface area contributed by atoms with Gasteiger partial charge in [0.25, 0.3) is 0 Å². The van der Waals surface area contributed by atoms with Gasteiger partial charge in [-0.2, -0.15) is 0 Å². The largest absolute Gasteiger partial charge is 2.00 e. The Morgan fingerprint density at radius 1 is 0.949 bits per heavy atom. The number of esters is 2. The summed E-state index contributed by atoms with van der Waals surface area (Å²) < 4.78 is 11.1. The van der Waals surface area contributed by atoms with E-state index < -0.39 is 17.9 Å². The standard InChI is InChI=1S/C49H63N4O5.Mg/c1-11-14-15-17-27(4)18-16-19-28(5)22-23-58-42(54)21-20-35-31(8)38-24-36-29(6)33(12-2)40(50-36)25-37-30(7)34(13-3)41(51-37)26-39-32(9)43-47(53-39)44(46(35)52-38)45(48(43)55)49(56)57-10;/h12,22,24-27,31,35,45-46,52,55H,2,11,13-21,23H2,1,3-10H3;/q-3;+2/b28-22+,37-25-,38-24-,41-26-;/t27-,31+,35+,45-,46?;/m1./s1. The second-order valence-electron chi connectivity index (χ2n) is 16.8. The number of methoxy groups -OCH3 is 1. The summed E-state index contributed by atoms with van der Waals surface area (Å²) in [4.78, 5) is 42.3. The van der Waals surface area contributed by atoms with Crippen molar-refractivity contribution in [3.63, 3.8) is 0 Å². The average molecular weight is 812 g/mol. The molecule has 1 aliphatic carbocycles. The number of carbonyl (C=O) groups excluding carboxylic acids is 2. The summed E-state index contributed by atoms with van der Waals surface area (Å²) in [7, 11) is 1.34. The molecule has 3 aliphatic rings. The van der Waals surface area contributed by atoms with Crippen LogP contribution in [-0.2, 0) is 25.5 Å². The predicted octanol–water partition coefficient (Wildman–Crippen LogP) is 5.82. The molecule has 0 aromatic carbocycles. The van der Waals surface area contributed by atoms with Crippen LogP contribution in [0.25, 0.3) is 35.6 Å². The Kier molecular flexibility index (Phi) is 15.5. The fourth-order valence-electron chi connectivity index (χ4n) is 9.38. The van der Waals surface area contributed by atoms with Gasteiger partial charge in [-0.3, -0.25) is 9.59 Å². The van der Waals surface area contributed by atoms with Crippen molar-refractivity contribution in [1.82, 2.24) is 20.3 Å². The summed E-state index contributed by atoms with van der Waals surface area (Å²) in [6.07, 6.45) is 20.0. The first kappa shape index (κ1) is 45.9. The van der Waals surface area contributed by atoms with Crippen molar-refractivity contribution in [2.75, 3.05) is 13.7 Å². The van der Waals surface area contributed by atoms with Gasteiger partial charge in [-0.15, -0.1) is 33.1 Å². The minimum Gasteiger partial charge on any atom is -0.657 e. The molecule has 6 rings (SSSR count). The Hall–Kier alpha value is -4.15. The molecule has 10 heteroatoms.